The molecule has 0 amide bonds. The fraction of sp³-hybridized carbons (Fsp3) is 0.0556. The molecule has 0 spiro atoms. The summed E-state index contributed by atoms with van der Waals surface area (Å²) in [6.07, 6.45) is 3.13. The number of hydrogen-bond acceptors (Lipinski definition) is 5. The highest BCUT2D eigenvalue weighted by atomic mass is 16.6. The van der Waals surface area contributed by atoms with E-state index in [2.05, 4.69) is 15.1 Å². The van der Waals surface area contributed by atoms with Crippen LogP contribution in [0.15, 0.2) is 61.1 Å². The van der Waals surface area contributed by atoms with E-state index >= 15 is 0 Å². The average Bonchev–Trinajstić information content (AvgIpc) is 3.28. The number of nitrogens with one attached hydrogen (secondary N) is 1. The molecule has 4 aromatic rings. The van der Waals surface area contributed by atoms with Gasteiger partial charge in [-0.2, -0.15) is 5.10 Å². The Balaban J connectivity index is 1.58. The summed E-state index contributed by atoms with van der Waals surface area (Å²) >= 11 is 0. The van der Waals surface area contributed by atoms with Crippen LogP contribution in [0.3, 0.4) is 0 Å². The van der Waals surface area contributed by atoms with Crippen LogP contribution in [-0.4, -0.2) is 30.5 Å². The van der Waals surface area contributed by atoms with E-state index in [-0.39, 0.29) is 18.0 Å². The Morgan fingerprint density at radius 3 is 2.88 bits per heavy atom. The number of H-pyrrole nitrogens is 1. The number of aromatic amines is 1. The number of nitrogens with zero attached hydrogens (tertiary/aromatic N) is 4. The van der Waals surface area contributed by atoms with E-state index in [4.69, 9.17) is 0 Å². The van der Waals surface area contributed by atoms with E-state index < -0.39 is 4.92 Å². The van der Waals surface area contributed by atoms with Crippen LogP contribution in [0.5, 0.6) is 0 Å². The smallest absolute Gasteiger partial charge is 0.270 e. The maximum Gasteiger partial charge on any atom is 0.270 e. The monoisotopic (exact) mass is 347 g/mol. The minimum absolute atomic E-state index is 0.0315. The van der Waals surface area contributed by atoms with E-state index in [0.717, 1.165) is 10.9 Å². The fourth-order valence-electron chi connectivity index (χ4n) is 2.80. The fourth-order valence-corrected chi connectivity index (χ4v) is 2.80. The number of aromatic nitrogens is 4. The molecule has 0 saturated heterocycles. The van der Waals surface area contributed by atoms with Crippen LogP contribution in [0.2, 0.25) is 0 Å². The van der Waals surface area contributed by atoms with Crippen molar-refractivity contribution in [3.8, 4) is 11.4 Å². The van der Waals surface area contributed by atoms with Gasteiger partial charge in [0.05, 0.1) is 4.92 Å². The van der Waals surface area contributed by atoms with Crippen molar-refractivity contribution in [1.82, 2.24) is 19.7 Å². The first-order valence-corrected chi connectivity index (χ1v) is 7.85. The molecule has 2 aromatic heterocycles. The predicted octanol–water partition coefficient (Wildman–Crippen LogP) is 3.22. The summed E-state index contributed by atoms with van der Waals surface area (Å²) in [7, 11) is 0. The number of para-hydroxylation sites is 1. The molecule has 128 valence electrons. The summed E-state index contributed by atoms with van der Waals surface area (Å²) < 4.78 is 1.43. The van der Waals surface area contributed by atoms with Gasteiger partial charge in [0.1, 0.15) is 12.9 Å². The van der Waals surface area contributed by atoms with Gasteiger partial charge < -0.3 is 4.98 Å². The molecule has 0 saturated carbocycles. The topological polar surface area (TPSA) is 107 Å². The van der Waals surface area contributed by atoms with Crippen LogP contribution in [0.4, 0.5) is 5.69 Å². The predicted molar refractivity (Wildman–Crippen MR) is 94.7 cm³/mol. The minimum Gasteiger partial charge on any atom is -0.360 e. The second-order valence-corrected chi connectivity index (χ2v) is 5.74. The number of carbonyl (C=O) groups excluding carboxylic acids is 1. The lowest BCUT2D eigenvalue weighted by molar-refractivity contribution is -0.384. The number of benzene rings is 2. The van der Waals surface area contributed by atoms with Gasteiger partial charge in [-0.05, 0) is 6.07 Å². The lowest BCUT2D eigenvalue weighted by Gasteiger charge is -2.00. The third-order valence-electron chi connectivity index (χ3n) is 4.05. The van der Waals surface area contributed by atoms with E-state index in [9.17, 15) is 14.9 Å². The van der Waals surface area contributed by atoms with Crippen molar-refractivity contribution < 1.29 is 9.72 Å². The molecule has 8 heteroatoms. The number of fused-ring (bicyclic) bond motifs is 1. The molecule has 1 N–H and O–H groups in total. The zero-order valence-corrected chi connectivity index (χ0v) is 13.5. The van der Waals surface area contributed by atoms with Crippen molar-refractivity contribution in [2.24, 2.45) is 0 Å². The number of rotatable bonds is 5. The molecule has 0 bridgehead atoms. The molecule has 0 aliphatic rings. The van der Waals surface area contributed by atoms with Gasteiger partial charge in [-0.3, -0.25) is 14.9 Å². The summed E-state index contributed by atoms with van der Waals surface area (Å²) in [6.45, 7) is 0.0315. The SMILES string of the molecule is O=C(Cn1cnc(-c2cccc([N+](=O)[O-])c2)n1)c1c[nH]c2ccccc12. The number of nitro groups is 1. The zero-order chi connectivity index (χ0) is 18.1. The first-order valence-electron chi connectivity index (χ1n) is 7.85. The Morgan fingerprint density at radius 1 is 1.19 bits per heavy atom. The first kappa shape index (κ1) is 15.7. The van der Waals surface area contributed by atoms with Crippen molar-refractivity contribution in [2.45, 2.75) is 6.54 Å². The molecule has 0 atom stereocenters. The molecule has 0 radical (unpaired) electrons. The summed E-state index contributed by atoms with van der Waals surface area (Å²) in [4.78, 5) is 30.2. The van der Waals surface area contributed by atoms with Crippen LogP contribution in [0.25, 0.3) is 22.3 Å². The summed E-state index contributed by atoms with van der Waals surface area (Å²) in [5.41, 5.74) is 1.98. The van der Waals surface area contributed by atoms with Gasteiger partial charge in [-0.1, -0.05) is 30.3 Å². The maximum absolute atomic E-state index is 12.6. The number of ketones is 1. The molecule has 0 unspecified atom stereocenters. The Morgan fingerprint density at radius 2 is 2.04 bits per heavy atom. The number of hydrogen-bond donors (Lipinski definition) is 1. The molecule has 8 nitrogen and oxygen atoms in total. The normalized spacial score (nSPS) is 10.9. The van der Waals surface area contributed by atoms with E-state index in [1.165, 1.54) is 23.1 Å². The largest absolute Gasteiger partial charge is 0.360 e. The highest BCUT2D eigenvalue weighted by Gasteiger charge is 2.15. The van der Waals surface area contributed by atoms with Gasteiger partial charge in [0, 0.05) is 40.4 Å². The second-order valence-electron chi connectivity index (χ2n) is 5.74. The van der Waals surface area contributed by atoms with E-state index in [1.807, 2.05) is 24.3 Å². The van der Waals surface area contributed by atoms with Crippen molar-refractivity contribution in [1.29, 1.82) is 0 Å². The standard InChI is InChI=1S/C18H13N5O3/c24-17(15-9-19-16-7-2-1-6-14(15)16)10-22-11-20-18(21-22)12-4-3-5-13(8-12)23(25)26/h1-9,11,19H,10H2. The molecule has 2 aromatic carbocycles. The molecule has 4 rings (SSSR count). The van der Waals surface area contributed by atoms with Crippen molar-refractivity contribution in [2.75, 3.05) is 0 Å². The molecule has 0 aliphatic heterocycles. The van der Waals surface area contributed by atoms with Gasteiger partial charge in [-0.25, -0.2) is 9.67 Å². The van der Waals surface area contributed by atoms with Crippen LogP contribution in [0, 0.1) is 10.1 Å². The maximum atomic E-state index is 12.6. The number of carbonyl (C=O) groups is 1. The lowest BCUT2D eigenvalue weighted by atomic mass is 10.1. The summed E-state index contributed by atoms with van der Waals surface area (Å²) in [5, 5.41) is 16.0. The van der Waals surface area contributed by atoms with Crippen LogP contribution < -0.4 is 0 Å². The third kappa shape index (κ3) is 2.84. The highest BCUT2D eigenvalue weighted by molar-refractivity contribution is 6.07. The van der Waals surface area contributed by atoms with Crippen molar-refractivity contribution in [3.63, 3.8) is 0 Å². The quantitative estimate of drug-likeness (QED) is 0.339. The van der Waals surface area contributed by atoms with Crippen LogP contribution >= 0.6 is 0 Å². The molecular formula is C18H13N5O3. The highest BCUT2D eigenvalue weighted by Crippen LogP contribution is 2.21. The average molecular weight is 347 g/mol. The van der Waals surface area contributed by atoms with Gasteiger partial charge in [0.25, 0.3) is 5.69 Å². The van der Waals surface area contributed by atoms with Gasteiger partial charge in [0.15, 0.2) is 11.6 Å². The lowest BCUT2D eigenvalue weighted by Crippen LogP contribution is -2.10. The van der Waals surface area contributed by atoms with Gasteiger partial charge in [-0.15, -0.1) is 0 Å². The van der Waals surface area contributed by atoms with Crippen molar-refractivity contribution >= 4 is 22.4 Å². The summed E-state index contributed by atoms with van der Waals surface area (Å²) in [6, 6.07) is 13.6. The van der Waals surface area contributed by atoms with Gasteiger partial charge >= 0.3 is 0 Å². The Bertz CT molecular complexity index is 1130. The van der Waals surface area contributed by atoms with Crippen LogP contribution in [0.1, 0.15) is 10.4 Å². The van der Waals surface area contributed by atoms with E-state index in [1.54, 1.807) is 18.3 Å². The number of nitro benzene ring substituents is 1. The zero-order valence-electron chi connectivity index (χ0n) is 13.5. The Kier molecular flexibility index (Phi) is 3.77. The molecule has 2 heterocycles. The molecule has 0 fully saturated rings. The summed E-state index contributed by atoms with van der Waals surface area (Å²) in [5.74, 6) is 0.235. The molecule has 0 aliphatic carbocycles. The van der Waals surface area contributed by atoms with E-state index in [0.29, 0.717) is 17.0 Å². The molecular weight excluding hydrogens is 334 g/mol. The Labute approximate surface area is 147 Å². The van der Waals surface area contributed by atoms with Gasteiger partial charge in [0.2, 0.25) is 0 Å². The first-order chi connectivity index (χ1) is 12.6. The number of Topliss-reactive ketones (excluding diaryl/α,β-unsaturated/α-hetero) is 1. The third-order valence-corrected chi connectivity index (χ3v) is 4.05. The molecule has 26 heavy (non-hydrogen) atoms. The Hall–Kier alpha value is -3.81. The number of non-ortho nitro benzene ring substituents is 1. The minimum atomic E-state index is -0.471. The van der Waals surface area contributed by atoms with Crippen molar-refractivity contribution in [3.05, 3.63) is 76.7 Å². The van der Waals surface area contributed by atoms with Crippen LogP contribution in [-0.2, 0) is 6.54 Å². The second kappa shape index (κ2) is 6.25.